The highest BCUT2D eigenvalue weighted by Gasteiger charge is 2.38. The number of ether oxygens (including phenoxy) is 1. The van der Waals surface area contributed by atoms with E-state index in [1.165, 1.54) is 6.42 Å². The molecule has 2 aromatic carbocycles. The maximum absolute atomic E-state index is 14.3. The molecule has 0 spiro atoms. The van der Waals surface area contributed by atoms with Crippen LogP contribution in [0.15, 0.2) is 42.7 Å². The number of amides is 1. The molecule has 2 aliphatic heterocycles. The summed E-state index contributed by atoms with van der Waals surface area (Å²) in [7, 11) is 1.91. The van der Waals surface area contributed by atoms with Crippen molar-refractivity contribution in [2.45, 2.75) is 63.6 Å². The number of hydrogen-bond donors (Lipinski definition) is 1. The second-order valence-electron chi connectivity index (χ2n) is 11.3. The van der Waals surface area contributed by atoms with Gasteiger partial charge in [0.2, 0.25) is 0 Å². The molecule has 2 fully saturated rings. The summed E-state index contributed by atoms with van der Waals surface area (Å²) < 4.78 is 35.9. The van der Waals surface area contributed by atoms with E-state index in [2.05, 4.69) is 22.4 Å². The Labute approximate surface area is 221 Å². The van der Waals surface area contributed by atoms with E-state index in [9.17, 15) is 13.6 Å². The fourth-order valence-corrected chi connectivity index (χ4v) is 6.11. The number of fused-ring (bicyclic) bond motifs is 1. The highest BCUT2D eigenvalue weighted by atomic mass is 19.3. The molecule has 3 heterocycles. The van der Waals surface area contributed by atoms with Gasteiger partial charge in [-0.15, -0.1) is 10.2 Å². The normalized spacial score (nSPS) is 20.3. The first-order chi connectivity index (χ1) is 18.2. The summed E-state index contributed by atoms with van der Waals surface area (Å²) in [5.74, 6) is 0.793. The maximum Gasteiger partial charge on any atom is 0.264 e. The highest BCUT2D eigenvalue weighted by molar-refractivity contribution is 6.10. The molecule has 0 unspecified atom stereocenters. The molecule has 200 valence electrons. The lowest BCUT2D eigenvalue weighted by atomic mass is 9.77. The molecule has 1 N–H and O–H groups in total. The number of nitrogens with one attached hydrogen (secondary N) is 1. The van der Waals surface area contributed by atoms with Crippen molar-refractivity contribution >= 4 is 11.6 Å². The number of aryl methyl sites for hydroxylation is 1. The standard InChI is InChI=1S/C29H33F2N5O2/c1-17(33-29(2)8-5-9-29)19-11-22(26(30)31)24-13-36(28(37)23(24)12-19)21-7-4-6-18(10-21)25(20-14-38-15-20)27-34-32-16-35(27)3/h4,6-7,10-12,16-17,20,25-26,33H,5,8-9,13-15H2,1-3H3/t17-,25+/m0/s1. The third-order valence-electron chi connectivity index (χ3n) is 8.56. The molecule has 6 rings (SSSR count). The van der Waals surface area contributed by atoms with Gasteiger partial charge < -0.3 is 19.5 Å². The molecule has 1 saturated carbocycles. The summed E-state index contributed by atoms with van der Waals surface area (Å²) in [4.78, 5) is 15.3. The Morgan fingerprint density at radius 3 is 2.55 bits per heavy atom. The molecule has 3 aliphatic rings. The molecule has 1 saturated heterocycles. The Morgan fingerprint density at radius 2 is 1.95 bits per heavy atom. The smallest absolute Gasteiger partial charge is 0.264 e. The minimum atomic E-state index is -2.66. The van der Waals surface area contributed by atoms with Gasteiger partial charge in [-0.05, 0) is 74.1 Å². The molecule has 38 heavy (non-hydrogen) atoms. The number of halogens is 2. The average Bonchev–Trinajstić information content (AvgIpc) is 3.42. The van der Waals surface area contributed by atoms with E-state index in [4.69, 9.17) is 4.74 Å². The van der Waals surface area contributed by atoms with Gasteiger partial charge in [0.25, 0.3) is 12.3 Å². The lowest BCUT2D eigenvalue weighted by Crippen LogP contribution is -2.49. The lowest BCUT2D eigenvalue weighted by molar-refractivity contribution is -0.0407. The van der Waals surface area contributed by atoms with Gasteiger partial charge in [0.1, 0.15) is 12.2 Å². The van der Waals surface area contributed by atoms with Gasteiger partial charge in [-0.2, -0.15) is 0 Å². The van der Waals surface area contributed by atoms with Crippen molar-refractivity contribution in [1.29, 1.82) is 0 Å². The SMILES string of the molecule is C[C@H](NC1(C)CCC1)c1cc2c(c(C(F)F)c1)CN(c1cccc([C@@H](c3nncn3C)C3COC3)c1)C2=O. The summed E-state index contributed by atoms with van der Waals surface area (Å²) >= 11 is 0. The van der Waals surface area contributed by atoms with Gasteiger partial charge in [-0.1, -0.05) is 12.1 Å². The van der Waals surface area contributed by atoms with Crippen molar-refractivity contribution in [3.63, 3.8) is 0 Å². The number of carbonyl (C=O) groups excluding carboxylic acids is 1. The second kappa shape index (κ2) is 9.54. The zero-order chi connectivity index (χ0) is 26.6. The van der Waals surface area contributed by atoms with E-state index >= 15 is 0 Å². The zero-order valence-electron chi connectivity index (χ0n) is 22.0. The van der Waals surface area contributed by atoms with Crippen LogP contribution in [0.4, 0.5) is 14.5 Å². The van der Waals surface area contributed by atoms with Crippen LogP contribution in [0.1, 0.15) is 89.9 Å². The third kappa shape index (κ3) is 4.31. The van der Waals surface area contributed by atoms with Gasteiger partial charge in [-0.3, -0.25) is 4.79 Å². The van der Waals surface area contributed by atoms with Gasteiger partial charge in [0.05, 0.1) is 25.7 Å². The van der Waals surface area contributed by atoms with Crippen molar-refractivity contribution in [3.05, 3.63) is 76.4 Å². The van der Waals surface area contributed by atoms with E-state index in [1.54, 1.807) is 23.4 Å². The third-order valence-corrected chi connectivity index (χ3v) is 8.56. The average molecular weight is 522 g/mol. The van der Waals surface area contributed by atoms with Crippen LogP contribution < -0.4 is 10.2 Å². The van der Waals surface area contributed by atoms with Crippen LogP contribution in [0.2, 0.25) is 0 Å². The van der Waals surface area contributed by atoms with Crippen molar-refractivity contribution < 1.29 is 18.3 Å². The number of aromatic nitrogens is 3. The Morgan fingerprint density at radius 1 is 1.16 bits per heavy atom. The predicted octanol–water partition coefficient (Wildman–Crippen LogP) is 5.28. The van der Waals surface area contributed by atoms with Crippen LogP contribution in [-0.2, 0) is 18.3 Å². The molecule has 0 bridgehead atoms. The van der Waals surface area contributed by atoms with E-state index < -0.39 is 6.43 Å². The van der Waals surface area contributed by atoms with Crippen LogP contribution >= 0.6 is 0 Å². The number of benzene rings is 2. The first-order valence-electron chi connectivity index (χ1n) is 13.3. The molecular weight excluding hydrogens is 488 g/mol. The monoisotopic (exact) mass is 521 g/mol. The van der Waals surface area contributed by atoms with Crippen molar-refractivity contribution in [2.75, 3.05) is 18.1 Å². The van der Waals surface area contributed by atoms with Crippen molar-refractivity contribution in [1.82, 2.24) is 20.1 Å². The molecule has 2 atom stereocenters. The van der Waals surface area contributed by atoms with Gasteiger partial charge >= 0.3 is 0 Å². The van der Waals surface area contributed by atoms with Gasteiger partial charge in [-0.25, -0.2) is 8.78 Å². The van der Waals surface area contributed by atoms with Crippen LogP contribution in [0, 0.1) is 5.92 Å². The predicted molar refractivity (Wildman–Crippen MR) is 139 cm³/mol. The number of carbonyl (C=O) groups is 1. The van der Waals surface area contributed by atoms with Crippen LogP contribution in [0.25, 0.3) is 0 Å². The fraction of sp³-hybridized carbons (Fsp3) is 0.483. The quantitative estimate of drug-likeness (QED) is 0.437. The molecule has 1 amide bonds. The second-order valence-corrected chi connectivity index (χ2v) is 11.3. The molecule has 3 aromatic rings. The number of rotatable bonds is 8. The first-order valence-corrected chi connectivity index (χ1v) is 13.3. The van der Waals surface area contributed by atoms with E-state index in [1.807, 2.05) is 42.8 Å². The Kier molecular flexibility index (Phi) is 6.31. The summed E-state index contributed by atoms with van der Waals surface area (Å²) in [5, 5.41) is 12.0. The number of nitrogens with zero attached hydrogens (tertiary/aromatic N) is 4. The number of hydrogen-bond acceptors (Lipinski definition) is 5. The molecule has 7 nitrogen and oxygen atoms in total. The van der Waals surface area contributed by atoms with E-state index in [0.29, 0.717) is 30.0 Å². The molecular formula is C29H33F2N5O2. The molecule has 1 aliphatic carbocycles. The molecule has 0 radical (unpaired) electrons. The lowest BCUT2D eigenvalue weighted by Gasteiger charge is -2.42. The van der Waals surface area contributed by atoms with E-state index in [0.717, 1.165) is 29.8 Å². The molecule has 1 aromatic heterocycles. The summed E-state index contributed by atoms with van der Waals surface area (Å²) in [6, 6.07) is 11.0. The minimum Gasteiger partial charge on any atom is -0.381 e. The largest absolute Gasteiger partial charge is 0.381 e. The Bertz CT molecular complexity index is 1360. The van der Waals surface area contributed by atoms with Gasteiger partial charge in [0.15, 0.2) is 0 Å². The summed E-state index contributed by atoms with van der Waals surface area (Å²) in [6.45, 7) is 5.53. The number of anilines is 1. The maximum atomic E-state index is 14.3. The topological polar surface area (TPSA) is 72.3 Å². The zero-order valence-corrected chi connectivity index (χ0v) is 22.0. The fourth-order valence-electron chi connectivity index (χ4n) is 6.11. The first kappa shape index (κ1) is 25.1. The van der Waals surface area contributed by atoms with Crippen molar-refractivity contribution in [3.8, 4) is 0 Å². The van der Waals surface area contributed by atoms with Crippen LogP contribution in [0.5, 0.6) is 0 Å². The summed E-state index contributed by atoms with van der Waals surface area (Å²) in [5.41, 5.74) is 3.16. The van der Waals surface area contributed by atoms with Crippen LogP contribution in [0.3, 0.4) is 0 Å². The van der Waals surface area contributed by atoms with Gasteiger partial charge in [0, 0.05) is 41.4 Å². The molecule has 9 heteroatoms. The highest BCUT2D eigenvalue weighted by Crippen LogP contribution is 2.41. The minimum absolute atomic E-state index is 0.0185. The van der Waals surface area contributed by atoms with Crippen molar-refractivity contribution in [2.24, 2.45) is 13.0 Å². The van der Waals surface area contributed by atoms with E-state index in [-0.39, 0.29) is 41.4 Å². The number of alkyl halides is 2. The van der Waals surface area contributed by atoms with Crippen LogP contribution in [-0.4, -0.2) is 39.4 Å². The Hall–Kier alpha value is -3.17. The Balaban J connectivity index is 1.33. The summed E-state index contributed by atoms with van der Waals surface area (Å²) in [6.07, 6.45) is 2.32.